The van der Waals surface area contributed by atoms with E-state index in [1.807, 2.05) is 13.8 Å². The smallest absolute Gasteiger partial charge is 0.336 e. The summed E-state index contributed by atoms with van der Waals surface area (Å²) in [5, 5.41) is 15.7. The molecule has 6 heteroatoms. The molecule has 0 bridgehead atoms. The fourth-order valence-corrected chi connectivity index (χ4v) is 2.18. The molecule has 0 fully saturated rings. The minimum absolute atomic E-state index is 0.0227. The second kappa shape index (κ2) is 6.01. The van der Waals surface area contributed by atoms with Crippen LogP contribution in [-0.2, 0) is 0 Å². The molecule has 22 heavy (non-hydrogen) atoms. The average molecular weight is 302 g/mol. The highest BCUT2D eigenvalue weighted by Gasteiger charge is 2.22. The van der Waals surface area contributed by atoms with Crippen LogP contribution in [0.2, 0.25) is 0 Å². The second-order valence-electron chi connectivity index (χ2n) is 5.45. The summed E-state index contributed by atoms with van der Waals surface area (Å²) < 4.78 is 5.19. The van der Waals surface area contributed by atoms with Gasteiger partial charge in [0, 0.05) is 11.6 Å². The first kappa shape index (κ1) is 15.8. The molecular weight excluding hydrogens is 284 g/mol. The van der Waals surface area contributed by atoms with Crippen molar-refractivity contribution in [1.29, 1.82) is 0 Å². The second-order valence-corrected chi connectivity index (χ2v) is 5.45. The Bertz CT molecular complexity index is 732. The lowest BCUT2D eigenvalue weighted by Crippen LogP contribution is -2.15. The first-order valence-electron chi connectivity index (χ1n) is 6.92. The van der Waals surface area contributed by atoms with E-state index in [4.69, 9.17) is 9.63 Å². The molecule has 1 aromatic carbocycles. The van der Waals surface area contributed by atoms with Crippen LogP contribution in [0.5, 0.6) is 0 Å². The molecule has 0 unspecified atom stereocenters. The SMILES string of the molecule is Cc1ccc(NC(=O)c2c(C)noc2C(C)C)cc1C(=O)O. The van der Waals surface area contributed by atoms with Gasteiger partial charge < -0.3 is 14.9 Å². The quantitative estimate of drug-likeness (QED) is 0.903. The van der Waals surface area contributed by atoms with Crippen LogP contribution in [-0.4, -0.2) is 22.1 Å². The van der Waals surface area contributed by atoms with E-state index in [0.717, 1.165) is 0 Å². The van der Waals surface area contributed by atoms with E-state index >= 15 is 0 Å². The number of benzene rings is 1. The number of hydrogen-bond acceptors (Lipinski definition) is 4. The number of amides is 1. The summed E-state index contributed by atoms with van der Waals surface area (Å²) in [6.45, 7) is 7.22. The number of carboxylic acids is 1. The van der Waals surface area contributed by atoms with Crippen molar-refractivity contribution < 1.29 is 19.2 Å². The van der Waals surface area contributed by atoms with Gasteiger partial charge in [-0.1, -0.05) is 25.1 Å². The summed E-state index contributed by atoms with van der Waals surface area (Å²) in [7, 11) is 0. The predicted molar refractivity (Wildman–Crippen MR) is 81.4 cm³/mol. The molecule has 0 atom stereocenters. The first-order valence-corrected chi connectivity index (χ1v) is 6.92. The maximum absolute atomic E-state index is 12.4. The largest absolute Gasteiger partial charge is 0.478 e. The summed E-state index contributed by atoms with van der Waals surface area (Å²) >= 11 is 0. The third-order valence-electron chi connectivity index (χ3n) is 3.37. The number of hydrogen-bond donors (Lipinski definition) is 2. The fourth-order valence-electron chi connectivity index (χ4n) is 2.18. The third-order valence-corrected chi connectivity index (χ3v) is 3.37. The molecule has 2 aromatic rings. The molecule has 6 nitrogen and oxygen atoms in total. The molecule has 0 aliphatic rings. The molecule has 0 saturated heterocycles. The van der Waals surface area contributed by atoms with Crippen molar-refractivity contribution >= 4 is 17.6 Å². The summed E-state index contributed by atoms with van der Waals surface area (Å²) in [6.07, 6.45) is 0. The van der Waals surface area contributed by atoms with E-state index in [1.165, 1.54) is 6.07 Å². The van der Waals surface area contributed by atoms with E-state index in [0.29, 0.717) is 28.3 Å². The number of rotatable bonds is 4. The Morgan fingerprint density at radius 3 is 2.55 bits per heavy atom. The lowest BCUT2D eigenvalue weighted by Gasteiger charge is -2.09. The Morgan fingerprint density at radius 2 is 1.95 bits per heavy atom. The maximum atomic E-state index is 12.4. The molecule has 2 N–H and O–H groups in total. The highest BCUT2D eigenvalue weighted by molar-refractivity contribution is 6.06. The number of aromatic nitrogens is 1. The van der Waals surface area contributed by atoms with Crippen LogP contribution in [0.1, 0.15) is 57.5 Å². The van der Waals surface area contributed by atoms with Crippen LogP contribution in [0.15, 0.2) is 22.7 Å². The van der Waals surface area contributed by atoms with Gasteiger partial charge in [-0.05, 0) is 31.5 Å². The molecule has 116 valence electrons. The zero-order chi connectivity index (χ0) is 16.4. The molecule has 0 saturated carbocycles. The van der Waals surface area contributed by atoms with Gasteiger partial charge in [0.05, 0.1) is 11.3 Å². The van der Waals surface area contributed by atoms with Crippen LogP contribution in [0.4, 0.5) is 5.69 Å². The summed E-state index contributed by atoms with van der Waals surface area (Å²) in [5.41, 5.74) is 2.11. The lowest BCUT2D eigenvalue weighted by atomic mass is 10.0. The number of carboxylic acid groups (broad SMARTS) is 1. The Labute approximate surface area is 128 Å². The molecule has 1 aromatic heterocycles. The number of aromatic carboxylic acids is 1. The van der Waals surface area contributed by atoms with Crippen molar-refractivity contribution in [3.05, 3.63) is 46.3 Å². The van der Waals surface area contributed by atoms with Crippen molar-refractivity contribution in [3.8, 4) is 0 Å². The minimum Gasteiger partial charge on any atom is -0.478 e. The standard InChI is InChI=1S/C16H18N2O4/c1-8(2)14-13(10(4)18-22-14)15(19)17-11-6-5-9(3)12(7-11)16(20)21/h5-8H,1-4H3,(H,17,19)(H,20,21). The van der Waals surface area contributed by atoms with Crippen LogP contribution < -0.4 is 5.32 Å². The number of aryl methyl sites for hydroxylation is 2. The topological polar surface area (TPSA) is 92.4 Å². The Kier molecular flexibility index (Phi) is 4.30. The first-order chi connectivity index (χ1) is 10.3. The van der Waals surface area contributed by atoms with E-state index < -0.39 is 5.97 Å². The molecular formula is C16H18N2O4. The summed E-state index contributed by atoms with van der Waals surface area (Å²) in [4.78, 5) is 23.6. The Balaban J connectivity index is 2.32. The van der Waals surface area contributed by atoms with Gasteiger partial charge in [-0.25, -0.2) is 4.79 Å². The summed E-state index contributed by atoms with van der Waals surface area (Å²) in [5.74, 6) is -0.851. The highest BCUT2D eigenvalue weighted by Crippen LogP contribution is 2.24. The van der Waals surface area contributed by atoms with Gasteiger partial charge in [-0.3, -0.25) is 4.79 Å². The van der Waals surface area contributed by atoms with Gasteiger partial charge in [-0.2, -0.15) is 0 Å². The molecule has 0 aliphatic carbocycles. The number of carbonyl (C=O) groups is 2. The minimum atomic E-state index is -1.03. The fraction of sp³-hybridized carbons (Fsp3) is 0.312. The van der Waals surface area contributed by atoms with Crippen LogP contribution in [0.3, 0.4) is 0 Å². The summed E-state index contributed by atoms with van der Waals surface area (Å²) in [6, 6.07) is 4.76. The van der Waals surface area contributed by atoms with Crippen LogP contribution >= 0.6 is 0 Å². The number of carbonyl (C=O) groups excluding carboxylic acids is 1. The van der Waals surface area contributed by atoms with Crippen molar-refractivity contribution in [1.82, 2.24) is 5.16 Å². The van der Waals surface area contributed by atoms with E-state index in [1.54, 1.807) is 26.0 Å². The molecule has 0 spiro atoms. The molecule has 0 aliphatic heterocycles. The monoisotopic (exact) mass is 302 g/mol. The van der Waals surface area contributed by atoms with Crippen molar-refractivity contribution in [2.75, 3.05) is 5.32 Å². The normalized spacial score (nSPS) is 10.8. The highest BCUT2D eigenvalue weighted by atomic mass is 16.5. The van der Waals surface area contributed by atoms with Gasteiger partial charge in [0.2, 0.25) is 0 Å². The Hall–Kier alpha value is -2.63. The number of anilines is 1. The third kappa shape index (κ3) is 3.00. The number of nitrogens with one attached hydrogen (secondary N) is 1. The Morgan fingerprint density at radius 1 is 1.27 bits per heavy atom. The van der Waals surface area contributed by atoms with Gasteiger partial charge in [-0.15, -0.1) is 0 Å². The maximum Gasteiger partial charge on any atom is 0.336 e. The lowest BCUT2D eigenvalue weighted by molar-refractivity contribution is 0.0695. The van der Waals surface area contributed by atoms with Gasteiger partial charge >= 0.3 is 5.97 Å². The van der Waals surface area contributed by atoms with Crippen molar-refractivity contribution in [2.24, 2.45) is 0 Å². The van der Waals surface area contributed by atoms with Gasteiger partial charge in [0.25, 0.3) is 5.91 Å². The average Bonchev–Trinajstić information content (AvgIpc) is 2.82. The van der Waals surface area contributed by atoms with Gasteiger partial charge in [0.1, 0.15) is 5.56 Å². The number of nitrogens with zero attached hydrogens (tertiary/aromatic N) is 1. The van der Waals surface area contributed by atoms with Crippen molar-refractivity contribution in [2.45, 2.75) is 33.6 Å². The van der Waals surface area contributed by atoms with E-state index in [-0.39, 0.29) is 17.4 Å². The molecule has 0 radical (unpaired) electrons. The van der Waals surface area contributed by atoms with E-state index in [9.17, 15) is 9.59 Å². The predicted octanol–water partition coefficient (Wildman–Crippen LogP) is 3.37. The zero-order valence-electron chi connectivity index (χ0n) is 12.9. The van der Waals surface area contributed by atoms with Crippen LogP contribution in [0.25, 0.3) is 0 Å². The molecule has 2 rings (SSSR count). The molecule has 1 heterocycles. The van der Waals surface area contributed by atoms with Crippen LogP contribution in [0, 0.1) is 13.8 Å². The van der Waals surface area contributed by atoms with Crippen molar-refractivity contribution in [3.63, 3.8) is 0 Å². The van der Waals surface area contributed by atoms with E-state index in [2.05, 4.69) is 10.5 Å². The zero-order valence-corrected chi connectivity index (χ0v) is 12.9. The van der Waals surface area contributed by atoms with Gasteiger partial charge in [0.15, 0.2) is 5.76 Å². The molecule has 1 amide bonds.